The average Bonchev–Trinajstić information content (AvgIpc) is 3.03. The Morgan fingerprint density at radius 2 is 1.72 bits per heavy atom. The third-order valence-corrected chi connectivity index (χ3v) is 8.38. The maximum atomic E-state index is 13.8. The molecule has 1 saturated heterocycles. The Hall–Kier alpha value is -2.53. The molecule has 2 heterocycles. The van der Waals surface area contributed by atoms with Gasteiger partial charge in [-0.25, -0.2) is 4.39 Å². The Bertz CT molecular complexity index is 1050. The zero-order valence-corrected chi connectivity index (χ0v) is 18.5. The van der Waals surface area contributed by atoms with Gasteiger partial charge in [-0.2, -0.15) is 0 Å². The summed E-state index contributed by atoms with van der Waals surface area (Å²) in [7, 11) is 0. The van der Waals surface area contributed by atoms with Crippen molar-refractivity contribution in [1.29, 1.82) is 0 Å². The maximum Gasteiger partial charge on any atom is 0.155 e. The van der Waals surface area contributed by atoms with Crippen LogP contribution in [0, 0.1) is 23.1 Å². The van der Waals surface area contributed by atoms with Gasteiger partial charge in [0, 0.05) is 6.54 Å². The largest absolute Gasteiger partial charge is 0.311 e. The van der Waals surface area contributed by atoms with Gasteiger partial charge in [-0.05, 0) is 66.3 Å². The summed E-state index contributed by atoms with van der Waals surface area (Å²) in [4.78, 5) is 2.60. The zero-order chi connectivity index (χ0) is 21.5. The van der Waals surface area contributed by atoms with Crippen molar-refractivity contribution in [2.45, 2.75) is 51.1 Å². The standard InChI is InChI=1S/C27H31FN4/c28-22-13-11-21(12-14-22)25(26-30-29-19-32(26)17-20-7-3-1-4-8-20)31-16-15-27(18-31)23-9-5-2-6-10-24(23)27/h1,3-4,7-8,11-14,19,23-25H,2,5-6,9-10,15-18H2/t23-,24?,25?,27?/m0/s1. The summed E-state index contributed by atoms with van der Waals surface area (Å²) in [6, 6.07) is 17.5. The average molecular weight is 431 g/mol. The summed E-state index contributed by atoms with van der Waals surface area (Å²) in [5.41, 5.74) is 2.84. The third-order valence-electron chi connectivity index (χ3n) is 8.38. The number of halogens is 1. The first-order valence-corrected chi connectivity index (χ1v) is 12.2. The minimum absolute atomic E-state index is 0.00558. The van der Waals surface area contributed by atoms with E-state index in [0.29, 0.717) is 5.41 Å². The van der Waals surface area contributed by atoms with Crippen LogP contribution >= 0.6 is 0 Å². The molecule has 5 heteroatoms. The Morgan fingerprint density at radius 3 is 2.47 bits per heavy atom. The van der Waals surface area contributed by atoms with Gasteiger partial charge < -0.3 is 4.57 Å². The van der Waals surface area contributed by atoms with E-state index in [0.717, 1.165) is 42.9 Å². The van der Waals surface area contributed by atoms with Crippen molar-refractivity contribution in [3.63, 3.8) is 0 Å². The molecule has 6 rings (SSSR count). The second kappa shape index (κ2) is 8.11. The fourth-order valence-corrected chi connectivity index (χ4v) is 6.81. The SMILES string of the molecule is Fc1ccc(C(c2nncn2Cc2ccccc2)N2CCC3(C2)C2CCCCC[C@@H]23)cc1. The molecule has 0 N–H and O–H groups in total. The van der Waals surface area contributed by atoms with Crippen LogP contribution in [0.15, 0.2) is 60.9 Å². The summed E-state index contributed by atoms with van der Waals surface area (Å²) in [6.45, 7) is 2.95. The highest BCUT2D eigenvalue weighted by Crippen LogP contribution is 2.69. The number of benzene rings is 2. The summed E-state index contributed by atoms with van der Waals surface area (Å²) in [5.74, 6) is 2.58. The highest BCUT2D eigenvalue weighted by Gasteiger charge is 2.65. The van der Waals surface area contributed by atoms with E-state index in [1.54, 1.807) is 12.1 Å². The van der Waals surface area contributed by atoms with E-state index in [4.69, 9.17) is 0 Å². The molecule has 3 fully saturated rings. The van der Waals surface area contributed by atoms with Crippen molar-refractivity contribution < 1.29 is 4.39 Å². The van der Waals surface area contributed by atoms with Crippen LogP contribution in [0.3, 0.4) is 0 Å². The summed E-state index contributed by atoms with van der Waals surface area (Å²) in [5, 5.41) is 8.91. The molecular formula is C27H31FN4. The molecule has 32 heavy (non-hydrogen) atoms. The van der Waals surface area contributed by atoms with E-state index in [1.807, 2.05) is 24.5 Å². The first-order chi connectivity index (χ1) is 15.7. The van der Waals surface area contributed by atoms with Crippen molar-refractivity contribution in [2.24, 2.45) is 17.3 Å². The predicted molar refractivity (Wildman–Crippen MR) is 122 cm³/mol. The fourth-order valence-electron chi connectivity index (χ4n) is 6.81. The van der Waals surface area contributed by atoms with Gasteiger partial charge in [-0.15, -0.1) is 10.2 Å². The molecule has 3 aliphatic rings. The molecule has 1 spiro atoms. The molecule has 1 aliphatic heterocycles. The van der Waals surface area contributed by atoms with E-state index in [2.05, 4.69) is 43.9 Å². The Morgan fingerprint density at radius 1 is 0.969 bits per heavy atom. The number of rotatable bonds is 5. The fraction of sp³-hybridized carbons (Fsp3) is 0.481. The van der Waals surface area contributed by atoms with E-state index in [-0.39, 0.29) is 11.9 Å². The molecule has 2 saturated carbocycles. The molecule has 2 aliphatic carbocycles. The molecule has 166 valence electrons. The van der Waals surface area contributed by atoms with Crippen molar-refractivity contribution >= 4 is 0 Å². The molecule has 3 aromatic rings. The molecular weight excluding hydrogens is 399 g/mol. The van der Waals surface area contributed by atoms with Gasteiger partial charge in [-0.1, -0.05) is 61.7 Å². The van der Waals surface area contributed by atoms with Crippen LogP contribution in [-0.2, 0) is 6.54 Å². The van der Waals surface area contributed by atoms with E-state index >= 15 is 0 Å². The van der Waals surface area contributed by atoms with Gasteiger partial charge in [0.25, 0.3) is 0 Å². The zero-order valence-electron chi connectivity index (χ0n) is 18.5. The number of hydrogen-bond donors (Lipinski definition) is 0. The van der Waals surface area contributed by atoms with Gasteiger partial charge in [0.1, 0.15) is 12.1 Å². The molecule has 0 bridgehead atoms. The molecule has 4 atom stereocenters. The van der Waals surface area contributed by atoms with Crippen LogP contribution in [0.25, 0.3) is 0 Å². The minimum Gasteiger partial charge on any atom is -0.311 e. The monoisotopic (exact) mass is 430 g/mol. The predicted octanol–water partition coefficient (Wildman–Crippen LogP) is 5.46. The van der Waals surface area contributed by atoms with Crippen molar-refractivity contribution in [2.75, 3.05) is 13.1 Å². The lowest BCUT2D eigenvalue weighted by molar-refractivity contribution is 0.243. The van der Waals surface area contributed by atoms with Gasteiger partial charge in [0.2, 0.25) is 0 Å². The smallest absolute Gasteiger partial charge is 0.155 e. The normalized spacial score (nSPS) is 28.4. The van der Waals surface area contributed by atoms with Gasteiger partial charge in [0.15, 0.2) is 5.82 Å². The highest BCUT2D eigenvalue weighted by atomic mass is 19.1. The number of fused-ring (bicyclic) bond motifs is 3. The first kappa shape index (κ1) is 20.1. The lowest BCUT2D eigenvalue weighted by Gasteiger charge is -2.28. The topological polar surface area (TPSA) is 34.0 Å². The van der Waals surface area contributed by atoms with Crippen molar-refractivity contribution in [1.82, 2.24) is 19.7 Å². The van der Waals surface area contributed by atoms with Gasteiger partial charge in [-0.3, -0.25) is 4.90 Å². The number of likely N-dealkylation sites (tertiary alicyclic amines) is 1. The summed E-state index contributed by atoms with van der Waals surface area (Å²) in [6.07, 6.45) is 10.1. The first-order valence-electron chi connectivity index (χ1n) is 12.2. The number of hydrogen-bond acceptors (Lipinski definition) is 3. The van der Waals surface area contributed by atoms with Crippen LogP contribution in [0.1, 0.15) is 61.5 Å². The Balaban J connectivity index is 1.32. The van der Waals surface area contributed by atoms with E-state index < -0.39 is 0 Å². The van der Waals surface area contributed by atoms with Gasteiger partial charge in [0.05, 0.1) is 12.6 Å². The summed E-state index contributed by atoms with van der Waals surface area (Å²) < 4.78 is 15.9. The molecule has 3 unspecified atom stereocenters. The summed E-state index contributed by atoms with van der Waals surface area (Å²) >= 11 is 0. The number of aromatic nitrogens is 3. The van der Waals surface area contributed by atoms with Crippen LogP contribution in [0.4, 0.5) is 4.39 Å². The van der Waals surface area contributed by atoms with E-state index in [9.17, 15) is 4.39 Å². The highest BCUT2D eigenvalue weighted by molar-refractivity contribution is 5.28. The van der Waals surface area contributed by atoms with Crippen LogP contribution in [0.2, 0.25) is 0 Å². The van der Waals surface area contributed by atoms with Crippen molar-refractivity contribution in [3.8, 4) is 0 Å². The Kier molecular flexibility index (Phi) is 5.09. The van der Waals surface area contributed by atoms with Crippen LogP contribution < -0.4 is 0 Å². The van der Waals surface area contributed by atoms with Crippen LogP contribution in [-0.4, -0.2) is 32.8 Å². The lowest BCUT2D eigenvalue weighted by atomic mass is 9.95. The van der Waals surface area contributed by atoms with Gasteiger partial charge >= 0.3 is 0 Å². The third kappa shape index (κ3) is 3.47. The molecule has 1 aromatic heterocycles. The van der Waals surface area contributed by atoms with E-state index in [1.165, 1.54) is 44.1 Å². The quantitative estimate of drug-likeness (QED) is 0.539. The molecule has 0 amide bonds. The second-order valence-electron chi connectivity index (χ2n) is 10.1. The van der Waals surface area contributed by atoms with Crippen molar-refractivity contribution in [3.05, 3.63) is 83.7 Å². The maximum absolute atomic E-state index is 13.8. The Labute approximate surface area is 189 Å². The molecule has 4 nitrogen and oxygen atoms in total. The van der Waals surface area contributed by atoms with Crippen LogP contribution in [0.5, 0.6) is 0 Å². The number of nitrogens with zero attached hydrogens (tertiary/aromatic N) is 4. The minimum atomic E-state index is -0.194. The molecule has 0 radical (unpaired) electrons. The second-order valence-corrected chi connectivity index (χ2v) is 10.1. The molecule has 2 aromatic carbocycles. The lowest BCUT2D eigenvalue weighted by Crippen LogP contribution is -2.31.